The first kappa shape index (κ1) is 22.8. The van der Waals surface area contributed by atoms with Crippen molar-refractivity contribution in [1.29, 1.82) is 0 Å². The van der Waals surface area contributed by atoms with Gasteiger partial charge in [-0.1, -0.05) is 60.7 Å². The van der Waals surface area contributed by atoms with Crippen LogP contribution in [0.5, 0.6) is 0 Å². The summed E-state index contributed by atoms with van der Waals surface area (Å²) in [5, 5.41) is 0. The third kappa shape index (κ3) is 8.70. The van der Waals surface area contributed by atoms with Crippen LogP contribution >= 0.6 is 7.60 Å². The van der Waals surface area contributed by atoms with Crippen LogP contribution in [-0.4, -0.2) is 22.4 Å². The van der Waals surface area contributed by atoms with Gasteiger partial charge >= 0.3 is 7.60 Å². The summed E-state index contributed by atoms with van der Waals surface area (Å²) in [6.45, 7) is 12.8. The summed E-state index contributed by atoms with van der Waals surface area (Å²) in [5.41, 5.74) is 1.20. The van der Waals surface area contributed by atoms with Gasteiger partial charge in [-0.25, -0.2) is 0 Å². The number of rotatable bonds is 8. The molecule has 0 aliphatic rings. The van der Waals surface area contributed by atoms with Gasteiger partial charge in [0.2, 0.25) is 0 Å². The Morgan fingerprint density at radius 1 is 0.714 bits per heavy atom. The SMILES string of the molecule is CC(C)(C)OP(=O)(CN(Cc1ccccc1)Cc1ccccc1)OC(C)(C)C. The summed E-state index contributed by atoms with van der Waals surface area (Å²) in [7, 11) is -3.37. The summed E-state index contributed by atoms with van der Waals surface area (Å²) in [6, 6.07) is 20.4. The summed E-state index contributed by atoms with van der Waals surface area (Å²) < 4.78 is 25.7. The second-order valence-electron chi connectivity index (χ2n) is 9.12. The molecule has 0 saturated heterocycles. The summed E-state index contributed by atoms with van der Waals surface area (Å²) in [5.74, 6) is 0. The molecule has 2 rings (SSSR count). The van der Waals surface area contributed by atoms with Crippen LogP contribution in [0.1, 0.15) is 52.7 Å². The predicted molar refractivity (Wildman–Crippen MR) is 116 cm³/mol. The van der Waals surface area contributed by atoms with E-state index in [0.717, 1.165) is 11.1 Å². The predicted octanol–water partition coefficient (Wildman–Crippen LogP) is 6.47. The summed E-state index contributed by atoms with van der Waals surface area (Å²) in [6.07, 6.45) is 0.228. The number of nitrogens with zero attached hydrogens (tertiary/aromatic N) is 1. The lowest BCUT2D eigenvalue weighted by Crippen LogP contribution is -2.31. The van der Waals surface area contributed by atoms with E-state index in [1.807, 2.05) is 77.9 Å². The van der Waals surface area contributed by atoms with Gasteiger partial charge in [-0.15, -0.1) is 0 Å². The van der Waals surface area contributed by atoms with E-state index < -0.39 is 18.8 Å². The Hall–Kier alpha value is -1.45. The summed E-state index contributed by atoms with van der Waals surface area (Å²) in [4.78, 5) is 2.14. The lowest BCUT2D eigenvalue weighted by atomic mass is 10.2. The fourth-order valence-electron chi connectivity index (χ4n) is 2.99. The van der Waals surface area contributed by atoms with Crippen molar-refractivity contribution in [2.75, 3.05) is 6.29 Å². The molecule has 0 amide bonds. The van der Waals surface area contributed by atoms with Crippen LogP contribution in [-0.2, 0) is 26.7 Å². The van der Waals surface area contributed by atoms with Gasteiger partial charge in [-0.05, 0) is 52.7 Å². The molecule has 2 aromatic rings. The van der Waals surface area contributed by atoms with Crippen LogP contribution in [0, 0.1) is 0 Å². The van der Waals surface area contributed by atoms with Crippen LogP contribution < -0.4 is 0 Å². The van der Waals surface area contributed by atoms with Crippen molar-refractivity contribution in [2.45, 2.75) is 65.8 Å². The Morgan fingerprint density at radius 3 is 1.39 bits per heavy atom. The molecule has 0 atom stereocenters. The first-order valence-electron chi connectivity index (χ1n) is 9.75. The van der Waals surface area contributed by atoms with Gasteiger partial charge in [0.1, 0.15) is 6.29 Å². The maximum absolute atomic E-state index is 13.7. The maximum Gasteiger partial charge on any atom is 0.345 e. The zero-order valence-electron chi connectivity index (χ0n) is 18.0. The second kappa shape index (κ2) is 9.37. The molecule has 0 radical (unpaired) electrons. The Morgan fingerprint density at radius 2 is 1.07 bits per heavy atom. The van der Waals surface area contributed by atoms with Gasteiger partial charge in [0.15, 0.2) is 0 Å². The van der Waals surface area contributed by atoms with E-state index in [1.165, 1.54) is 0 Å². The van der Waals surface area contributed by atoms with Gasteiger partial charge in [-0.3, -0.25) is 9.46 Å². The molecule has 0 fully saturated rings. The van der Waals surface area contributed by atoms with E-state index in [4.69, 9.17) is 9.05 Å². The molecule has 0 aliphatic carbocycles. The van der Waals surface area contributed by atoms with Gasteiger partial charge in [0, 0.05) is 13.1 Å². The van der Waals surface area contributed by atoms with Crippen molar-refractivity contribution >= 4 is 7.60 Å². The molecule has 28 heavy (non-hydrogen) atoms. The van der Waals surface area contributed by atoms with Gasteiger partial charge < -0.3 is 9.05 Å². The second-order valence-corrected chi connectivity index (χ2v) is 11.0. The highest BCUT2D eigenvalue weighted by atomic mass is 31.2. The Bertz CT molecular complexity index is 702. The van der Waals surface area contributed by atoms with Crippen LogP contribution in [0.15, 0.2) is 60.7 Å². The standard InChI is InChI=1S/C23H34NO3P/c1-22(2,3)26-28(25,27-23(4,5)6)19-24(17-20-13-9-7-10-14-20)18-21-15-11-8-12-16-21/h7-16H,17-19H2,1-6H3. The van der Waals surface area contributed by atoms with Crippen molar-refractivity contribution in [3.8, 4) is 0 Å². The molecular weight excluding hydrogens is 369 g/mol. The number of benzene rings is 2. The lowest BCUT2D eigenvalue weighted by Gasteiger charge is -2.35. The van der Waals surface area contributed by atoms with E-state index in [0.29, 0.717) is 13.1 Å². The smallest absolute Gasteiger partial charge is 0.302 e. The van der Waals surface area contributed by atoms with Crippen molar-refractivity contribution in [3.05, 3.63) is 71.8 Å². The Kier molecular flexibility index (Phi) is 7.64. The fraction of sp³-hybridized carbons (Fsp3) is 0.478. The molecule has 4 nitrogen and oxygen atoms in total. The fourth-order valence-corrected chi connectivity index (χ4v) is 5.51. The highest BCUT2D eigenvalue weighted by molar-refractivity contribution is 7.53. The van der Waals surface area contributed by atoms with Crippen molar-refractivity contribution < 1.29 is 13.6 Å². The first-order valence-corrected chi connectivity index (χ1v) is 11.5. The zero-order valence-corrected chi connectivity index (χ0v) is 18.9. The minimum absolute atomic E-state index is 0.228. The molecule has 0 N–H and O–H groups in total. The largest absolute Gasteiger partial charge is 0.345 e. The maximum atomic E-state index is 13.7. The number of hydrogen-bond donors (Lipinski definition) is 0. The molecule has 154 valence electrons. The topological polar surface area (TPSA) is 38.8 Å². The molecule has 5 heteroatoms. The van der Waals surface area contributed by atoms with Crippen LogP contribution in [0.25, 0.3) is 0 Å². The van der Waals surface area contributed by atoms with Gasteiger partial charge in [0.05, 0.1) is 11.2 Å². The average Bonchev–Trinajstić information content (AvgIpc) is 2.52. The third-order valence-corrected chi connectivity index (χ3v) is 6.10. The molecule has 2 aromatic carbocycles. The average molecular weight is 404 g/mol. The first-order chi connectivity index (χ1) is 12.9. The van der Waals surface area contributed by atoms with Gasteiger partial charge in [-0.2, -0.15) is 0 Å². The molecular formula is C23H34NO3P. The quantitative estimate of drug-likeness (QED) is 0.474. The highest BCUT2D eigenvalue weighted by Gasteiger charge is 2.37. The van der Waals surface area contributed by atoms with Crippen LogP contribution in [0.4, 0.5) is 0 Å². The number of hydrogen-bond acceptors (Lipinski definition) is 4. The minimum Gasteiger partial charge on any atom is -0.302 e. The molecule has 0 aromatic heterocycles. The third-order valence-electron chi connectivity index (χ3n) is 3.70. The van der Waals surface area contributed by atoms with E-state index in [1.54, 1.807) is 0 Å². The van der Waals surface area contributed by atoms with E-state index in [9.17, 15) is 4.57 Å². The normalized spacial score (nSPS) is 13.1. The summed E-state index contributed by atoms with van der Waals surface area (Å²) >= 11 is 0. The van der Waals surface area contributed by atoms with Crippen molar-refractivity contribution in [1.82, 2.24) is 4.90 Å². The molecule has 0 aliphatic heterocycles. The molecule has 0 saturated carbocycles. The zero-order chi connectivity index (χ0) is 20.8. The molecule has 0 unspecified atom stereocenters. The minimum atomic E-state index is -3.37. The van der Waals surface area contributed by atoms with E-state index in [2.05, 4.69) is 29.2 Å². The van der Waals surface area contributed by atoms with Crippen LogP contribution in [0.2, 0.25) is 0 Å². The monoisotopic (exact) mass is 403 g/mol. The van der Waals surface area contributed by atoms with E-state index >= 15 is 0 Å². The van der Waals surface area contributed by atoms with Crippen molar-refractivity contribution in [2.24, 2.45) is 0 Å². The molecule has 0 spiro atoms. The lowest BCUT2D eigenvalue weighted by molar-refractivity contribution is 0.0423. The van der Waals surface area contributed by atoms with Crippen LogP contribution in [0.3, 0.4) is 0 Å². The van der Waals surface area contributed by atoms with E-state index in [-0.39, 0.29) is 6.29 Å². The Labute approximate surface area is 170 Å². The molecule has 0 heterocycles. The van der Waals surface area contributed by atoms with Crippen molar-refractivity contribution in [3.63, 3.8) is 0 Å². The highest BCUT2D eigenvalue weighted by Crippen LogP contribution is 2.55. The molecule has 0 bridgehead atoms. The Balaban J connectivity index is 2.28. The van der Waals surface area contributed by atoms with Gasteiger partial charge in [0.25, 0.3) is 0 Å².